The minimum atomic E-state index is 0.0271. The summed E-state index contributed by atoms with van der Waals surface area (Å²) in [6.45, 7) is 9.95. The zero-order chi connectivity index (χ0) is 14.5. The Bertz CT molecular complexity index is 394. The van der Waals surface area contributed by atoms with E-state index in [1.165, 1.54) is 0 Å². The zero-order valence-corrected chi connectivity index (χ0v) is 12.8. The fraction of sp³-hybridized carbons (Fsp3) is 0.625. The van der Waals surface area contributed by atoms with Gasteiger partial charge in [0.15, 0.2) is 0 Å². The molecule has 0 aromatic heterocycles. The molecule has 0 aliphatic heterocycles. The van der Waals surface area contributed by atoms with Gasteiger partial charge in [-0.15, -0.1) is 0 Å². The number of hydrogen-bond acceptors (Lipinski definition) is 3. The summed E-state index contributed by atoms with van der Waals surface area (Å²) in [5, 5.41) is 0. The second kappa shape index (κ2) is 6.92. The van der Waals surface area contributed by atoms with Crippen molar-refractivity contribution in [1.82, 2.24) is 0 Å². The molecule has 0 saturated carbocycles. The molecule has 0 spiro atoms. The highest BCUT2D eigenvalue weighted by molar-refractivity contribution is 5.37. The molecule has 1 aromatic rings. The van der Waals surface area contributed by atoms with E-state index in [9.17, 15) is 0 Å². The third-order valence-electron chi connectivity index (χ3n) is 3.08. The molecule has 1 aromatic carbocycles. The summed E-state index contributed by atoms with van der Waals surface area (Å²) in [6.07, 6.45) is 1.04. The summed E-state index contributed by atoms with van der Waals surface area (Å²) >= 11 is 0. The van der Waals surface area contributed by atoms with Gasteiger partial charge in [0.2, 0.25) is 0 Å². The normalized spacial score (nSPS) is 13.4. The number of rotatable bonds is 6. The smallest absolute Gasteiger partial charge is 0.124 e. The third kappa shape index (κ3) is 5.62. The Morgan fingerprint density at radius 1 is 1.26 bits per heavy atom. The molecule has 1 atom stereocenters. The van der Waals surface area contributed by atoms with Crippen LogP contribution in [0.4, 0.5) is 0 Å². The van der Waals surface area contributed by atoms with Crippen molar-refractivity contribution < 1.29 is 9.47 Å². The van der Waals surface area contributed by atoms with Crippen LogP contribution < -0.4 is 10.5 Å². The first-order valence-electron chi connectivity index (χ1n) is 6.83. The zero-order valence-electron chi connectivity index (χ0n) is 12.8. The van der Waals surface area contributed by atoms with E-state index < -0.39 is 0 Å². The Hall–Kier alpha value is -1.06. The van der Waals surface area contributed by atoms with E-state index in [2.05, 4.69) is 26.8 Å². The molecule has 0 amide bonds. The minimum Gasteiger partial charge on any atom is -0.496 e. The Labute approximate surface area is 117 Å². The minimum absolute atomic E-state index is 0.0271. The van der Waals surface area contributed by atoms with Crippen LogP contribution in [0.15, 0.2) is 18.2 Å². The van der Waals surface area contributed by atoms with Gasteiger partial charge in [-0.1, -0.05) is 26.8 Å². The van der Waals surface area contributed by atoms with E-state index in [0.717, 1.165) is 29.9 Å². The second-order valence-corrected chi connectivity index (χ2v) is 6.22. The molecular weight excluding hydrogens is 238 g/mol. The van der Waals surface area contributed by atoms with Crippen LogP contribution in [0.3, 0.4) is 0 Å². The predicted octanol–water partition coefficient (Wildman–Crippen LogP) is 3.67. The molecular formula is C16H27NO2. The van der Waals surface area contributed by atoms with Gasteiger partial charge in [-0.25, -0.2) is 0 Å². The van der Waals surface area contributed by atoms with E-state index in [4.69, 9.17) is 15.2 Å². The van der Waals surface area contributed by atoms with Crippen LogP contribution in [0.2, 0.25) is 0 Å². The molecule has 0 bridgehead atoms. The van der Waals surface area contributed by atoms with Crippen molar-refractivity contribution in [3.63, 3.8) is 0 Å². The molecule has 3 heteroatoms. The number of methoxy groups -OCH3 is 1. The van der Waals surface area contributed by atoms with Crippen LogP contribution in [-0.4, -0.2) is 13.7 Å². The molecule has 3 nitrogen and oxygen atoms in total. The highest BCUT2D eigenvalue weighted by Gasteiger charge is 2.11. The van der Waals surface area contributed by atoms with Crippen LogP contribution in [0, 0.1) is 5.41 Å². The Kier molecular flexibility index (Phi) is 5.83. The van der Waals surface area contributed by atoms with Crippen molar-refractivity contribution in [2.45, 2.75) is 46.8 Å². The van der Waals surface area contributed by atoms with Crippen LogP contribution in [0.25, 0.3) is 0 Å². The molecule has 0 radical (unpaired) electrons. The fourth-order valence-electron chi connectivity index (χ4n) is 1.76. The quantitative estimate of drug-likeness (QED) is 0.798. The van der Waals surface area contributed by atoms with Gasteiger partial charge < -0.3 is 15.2 Å². The maximum Gasteiger partial charge on any atom is 0.124 e. The standard InChI is InChI=1S/C16H27NO2/c1-12(17)13-6-7-15(18-5)14(10-13)11-19-9-8-16(2,3)4/h6-7,10,12H,8-9,11,17H2,1-5H3. The molecule has 2 N–H and O–H groups in total. The molecule has 1 rings (SSSR count). The van der Waals surface area contributed by atoms with Crippen LogP contribution in [0.5, 0.6) is 5.75 Å². The number of hydrogen-bond donors (Lipinski definition) is 1. The molecule has 108 valence electrons. The topological polar surface area (TPSA) is 44.5 Å². The van der Waals surface area contributed by atoms with Crippen LogP contribution in [-0.2, 0) is 11.3 Å². The maximum absolute atomic E-state index is 5.90. The molecule has 0 saturated heterocycles. The monoisotopic (exact) mass is 265 g/mol. The molecule has 0 aliphatic rings. The predicted molar refractivity (Wildman–Crippen MR) is 79.3 cm³/mol. The van der Waals surface area contributed by atoms with Gasteiger partial charge in [0.25, 0.3) is 0 Å². The van der Waals surface area contributed by atoms with Crippen molar-refractivity contribution in [2.75, 3.05) is 13.7 Å². The SMILES string of the molecule is COc1ccc(C(C)N)cc1COCCC(C)(C)C. The fourth-order valence-corrected chi connectivity index (χ4v) is 1.76. The van der Waals surface area contributed by atoms with Crippen molar-refractivity contribution in [1.29, 1.82) is 0 Å². The first kappa shape index (κ1) is 16.0. The third-order valence-corrected chi connectivity index (χ3v) is 3.08. The average molecular weight is 265 g/mol. The van der Waals surface area contributed by atoms with Crippen molar-refractivity contribution in [3.05, 3.63) is 29.3 Å². The molecule has 19 heavy (non-hydrogen) atoms. The molecule has 1 unspecified atom stereocenters. The highest BCUT2D eigenvalue weighted by Crippen LogP contribution is 2.24. The van der Waals surface area contributed by atoms with Crippen molar-refractivity contribution in [2.24, 2.45) is 11.1 Å². The van der Waals surface area contributed by atoms with Gasteiger partial charge in [-0.2, -0.15) is 0 Å². The summed E-state index contributed by atoms with van der Waals surface area (Å²) in [6, 6.07) is 6.06. The summed E-state index contributed by atoms with van der Waals surface area (Å²) in [5.41, 5.74) is 8.38. The number of ether oxygens (including phenoxy) is 2. The summed E-state index contributed by atoms with van der Waals surface area (Å²) in [7, 11) is 1.68. The van der Waals surface area contributed by atoms with Gasteiger partial charge in [-0.05, 0) is 36.5 Å². The van der Waals surface area contributed by atoms with E-state index >= 15 is 0 Å². The van der Waals surface area contributed by atoms with E-state index in [0.29, 0.717) is 12.0 Å². The first-order chi connectivity index (χ1) is 8.83. The van der Waals surface area contributed by atoms with E-state index in [1.54, 1.807) is 7.11 Å². The van der Waals surface area contributed by atoms with Crippen LogP contribution >= 0.6 is 0 Å². The van der Waals surface area contributed by atoms with Gasteiger partial charge in [-0.3, -0.25) is 0 Å². The summed E-state index contributed by atoms with van der Waals surface area (Å²) in [5.74, 6) is 0.861. The molecule has 0 heterocycles. The lowest BCUT2D eigenvalue weighted by atomic mass is 9.93. The lowest BCUT2D eigenvalue weighted by Gasteiger charge is -2.18. The molecule has 0 aliphatic carbocycles. The summed E-state index contributed by atoms with van der Waals surface area (Å²) in [4.78, 5) is 0. The van der Waals surface area contributed by atoms with Gasteiger partial charge >= 0.3 is 0 Å². The Morgan fingerprint density at radius 2 is 1.95 bits per heavy atom. The number of benzene rings is 1. The largest absolute Gasteiger partial charge is 0.496 e. The Morgan fingerprint density at radius 3 is 2.47 bits per heavy atom. The second-order valence-electron chi connectivity index (χ2n) is 6.22. The van der Waals surface area contributed by atoms with E-state index in [1.807, 2.05) is 19.1 Å². The number of nitrogens with two attached hydrogens (primary N) is 1. The maximum atomic E-state index is 5.90. The first-order valence-corrected chi connectivity index (χ1v) is 6.83. The van der Waals surface area contributed by atoms with Gasteiger partial charge in [0.05, 0.1) is 13.7 Å². The lowest BCUT2D eigenvalue weighted by Crippen LogP contribution is -2.10. The van der Waals surface area contributed by atoms with Gasteiger partial charge in [0.1, 0.15) is 5.75 Å². The lowest BCUT2D eigenvalue weighted by molar-refractivity contribution is 0.0947. The van der Waals surface area contributed by atoms with Crippen molar-refractivity contribution >= 4 is 0 Å². The molecule has 0 fully saturated rings. The summed E-state index contributed by atoms with van der Waals surface area (Å²) < 4.78 is 11.1. The highest BCUT2D eigenvalue weighted by atomic mass is 16.5. The Balaban J connectivity index is 2.62. The van der Waals surface area contributed by atoms with Crippen LogP contribution in [0.1, 0.15) is 51.3 Å². The average Bonchev–Trinajstić information content (AvgIpc) is 2.33. The van der Waals surface area contributed by atoms with E-state index in [-0.39, 0.29) is 6.04 Å². The van der Waals surface area contributed by atoms with Crippen molar-refractivity contribution in [3.8, 4) is 5.75 Å². The van der Waals surface area contributed by atoms with Gasteiger partial charge in [0, 0.05) is 18.2 Å².